The van der Waals surface area contributed by atoms with Crippen LogP contribution in [0.15, 0.2) is 12.2 Å². The van der Waals surface area contributed by atoms with Crippen molar-refractivity contribution < 1.29 is 4.74 Å². The Labute approximate surface area is 88.0 Å². The van der Waals surface area contributed by atoms with Crippen LogP contribution in [0.1, 0.15) is 33.6 Å². The monoisotopic (exact) mass is 202 g/mol. The Morgan fingerprint density at radius 1 is 1.31 bits per heavy atom. The quantitative estimate of drug-likeness (QED) is 0.378. The molecule has 0 aromatic carbocycles. The molecule has 0 aromatic heterocycles. The lowest BCUT2D eigenvalue weighted by Gasteiger charge is -2.29. The minimum atomic E-state index is 0.282. The maximum atomic E-state index is 5.58. The summed E-state index contributed by atoms with van der Waals surface area (Å²) in [5.41, 5.74) is 0.282. The van der Waals surface area contributed by atoms with E-state index < -0.39 is 0 Å². The molecule has 0 aromatic rings. The Kier molecular flexibility index (Phi) is 7.48. The Balaban J connectivity index is 3.81. The molecular formula is C11H22OS. The third-order valence-electron chi connectivity index (χ3n) is 2.69. The first-order valence-corrected chi connectivity index (χ1v) is 5.67. The lowest BCUT2D eigenvalue weighted by atomic mass is 9.85. The van der Waals surface area contributed by atoms with Crippen LogP contribution in [-0.2, 0) is 4.74 Å². The third-order valence-corrected chi connectivity index (χ3v) is 3.36. The van der Waals surface area contributed by atoms with E-state index in [9.17, 15) is 0 Å². The summed E-state index contributed by atoms with van der Waals surface area (Å²) in [7, 11) is 0. The predicted octanol–water partition coefficient (Wildman–Crippen LogP) is 3.32. The molecule has 2 heteroatoms. The molecule has 0 aliphatic carbocycles. The minimum Gasteiger partial charge on any atom is -0.377 e. The molecule has 0 aliphatic rings. The van der Waals surface area contributed by atoms with Crippen LogP contribution in [0, 0.1) is 5.41 Å². The average Bonchev–Trinajstić information content (AvgIpc) is 2.20. The van der Waals surface area contributed by atoms with Gasteiger partial charge in [-0.15, -0.1) is 0 Å². The van der Waals surface area contributed by atoms with Crippen LogP contribution in [0.3, 0.4) is 0 Å². The second kappa shape index (κ2) is 7.45. The van der Waals surface area contributed by atoms with Crippen LogP contribution in [0.2, 0.25) is 0 Å². The Morgan fingerprint density at radius 3 is 2.31 bits per heavy atom. The van der Waals surface area contributed by atoms with Gasteiger partial charge in [0.25, 0.3) is 0 Å². The van der Waals surface area contributed by atoms with E-state index >= 15 is 0 Å². The van der Waals surface area contributed by atoms with Crippen molar-refractivity contribution in [2.24, 2.45) is 5.41 Å². The molecule has 0 saturated carbocycles. The molecule has 0 aliphatic heterocycles. The fraction of sp³-hybridized carbons (Fsp3) is 0.818. The van der Waals surface area contributed by atoms with E-state index in [2.05, 4.69) is 26.5 Å². The smallest absolute Gasteiger partial charge is 0.0647 e. The van der Waals surface area contributed by atoms with Crippen LogP contribution in [0.5, 0.6) is 0 Å². The Bertz CT molecular complexity index is 131. The standard InChI is InChI=1S/C11H22OS/c1-4-7-8-12-9-11(5-2,6-3)10-13/h4,7,13H,5-6,8-10H2,1-3H3. The predicted molar refractivity (Wildman–Crippen MR) is 62.5 cm³/mol. The fourth-order valence-electron chi connectivity index (χ4n) is 1.16. The molecule has 0 amide bonds. The molecule has 78 valence electrons. The van der Waals surface area contributed by atoms with Gasteiger partial charge in [0.2, 0.25) is 0 Å². The van der Waals surface area contributed by atoms with Gasteiger partial charge < -0.3 is 4.74 Å². The molecule has 13 heavy (non-hydrogen) atoms. The van der Waals surface area contributed by atoms with Crippen LogP contribution in [-0.4, -0.2) is 19.0 Å². The molecule has 0 atom stereocenters. The second-order valence-electron chi connectivity index (χ2n) is 3.45. The van der Waals surface area contributed by atoms with Gasteiger partial charge in [-0.3, -0.25) is 0 Å². The van der Waals surface area contributed by atoms with Gasteiger partial charge in [-0.25, -0.2) is 0 Å². The number of thiol groups is 1. The van der Waals surface area contributed by atoms with Crippen molar-refractivity contribution in [1.29, 1.82) is 0 Å². The zero-order chi connectivity index (χ0) is 10.2. The van der Waals surface area contributed by atoms with Crippen molar-refractivity contribution in [2.75, 3.05) is 19.0 Å². The van der Waals surface area contributed by atoms with E-state index in [1.165, 1.54) is 0 Å². The Morgan fingerprint density at radius 2 is 1.92 bits per heavy atom. The lowest BCUT2D eigenvalue weighted by Crippen LogP contribution is -2.27. The first kappa shape index (κ1) is 13.1. The van der Waals surface area contributed by atoms with Gasteiger partial charge in [0.15, 0.2) is 0 Å². The van der Waals surface area contributed by atoms with Crippen LogP contribution < -0.4 is 0 Å². The van der Waals surface area contributed by atoms with E-state index in [1.807, 2.05) is 19.1 Å². The van der Waals surface area contributed by atoms with Gasteiger partial charge in [-0.2, -0.15) is 12.6 Å². The maximum absolute atomic E-state index is 5.58. The Hall–Kier alpha value is 0.0500. The molecule has 0 saturated heterocycles. The third kappa shape index (κ3) is 4.72. The normalized spacial score (nSPS) is 12.6. The highest BCUT2D eigenvalue weighted by molar-refractivity contribution is 7.80. The topological polar surface area (TPSA) is 9.23 Å². The number of allylic oxidation sites excluding steroid dienone is 1. The highest BCUT2D eigenvalue weighted by atomic mass is 32.1. The number of rotatable bonds is 7. The van der Waals surface area contributed by atoms with Crippen molar-refractivity contribution >= 4 is 12.6 Å². The molecule has 0 spiro atoms. The number of hydrogen-bond donors (Lipinski definition) is 1. The summed E-state index contributed by atoms with van der Waals surface area (Å²) in [6, 6.07) is 0. The first-order chi connectivity index (χ1) is 6.24. The first-order valence-electron chi connectivity index (χ1n) is 5.04. The van der Waals surface area contributed by atoms with Crippen molar-refractivity contribution in [2.45, 2.75) is 33.6 Å². The van der Waals surface area contributed by atoms with E-state index in [0.29, 0.717) is 0 Å². The van der Waals surface area contributed by atoms with Gasteiger partial charge in [-0.1, -0.05) is 26.0 Å². The summed E-state index contributed by atoms with van der Waals surface area (Å²) < 4.78 is 5.58. The summed E-state index contributed by atoms with van der Waals surface area (Å²) in [5.74, 6) is 0.913. The zero-order valence-electron chi connectivity index (χ0n) is 9.05. The summed E-state index contributed by atoms with van der Waals surface area (Å²) >= 11 is 4.39. The summed E-state index contributed by atoms with van der Waals surface area (Å²) in [6.07, 6.45) is 6.33. The SMILES string of the molecule is CC=CCOCC(CC)(CC)CS. The molecule has 0 N–H and O–H groups in total. The van der Waals surface area contributed by atoms with Crippen molar-refractivity contribution in [3.8, 4) is 0 Å². The minimum absolute atomic E-state index is 0.282. The molecule has 0 radical (unpaired) electrons. The van der Waals surface area contributed by atoms with Crippen molar-refractivity contribution in [3.63, 3.8) is 0 Å². The summed E-state index contributed by atoms with van der Waals surface area (Å²) in [4.78, 5) is 0. The molecule has 0 bridgehead atoms. The van der Waals surface area contributed by atoms with Crippen LogP contribution in [0.4, 0.5) is 0 Å². The van der Waals surface area contributed by atoms with Crippen molar-refractivity contribution in [3.05, 3.63) is 12.2 Å². The van der Waals surface area contributed by atoms with E-state index in [4.69, 9.17) is 4.74 Å². The van der Waals surface area contributed by atoms with Gasteiger partial charge in [0.05, 0.1) is 13.2 Å². The molecule has 1 nitrogen and oxygen atoms in total. The second-order valence-corrected chi connectivity index (χ2v) is 3.77. The number of hydrogen-bond acceptors (Lipinski definition) is 2. The molecule has 0 rings (SSSR count). The van der Waals surface area contributed by atoms with E-state index in [0.717, 1.165) is 31.8 Å². The highest BCUT2D eigenvalue weighted by Gasteiger charge is 2.24. The van der Waals surface area contributed by atoms with E-state index in [1.54, 1.807) is 0 Å². The zero-order valence-corrected chi connectivity index (χ0v) is 9.94. The maximum Gasteiger partial charge on any atom is 0.0647 e. The van der Waals surface area contributed by atoms with Crippen LogP contribution in [0.25, 0.3) is 0 Å². The van der Waals surface area contributed by atoms with E-state index in [-0.39, 0.29) is 5.41 Å². The van der Waals surface area contributed by atoms with Gasteiger partial charge in [0.1, 0.15) is 0 Å². The largest absolute Gasteiger partial charge is 0.377 e. The molecule has 0 fully saturated rings. The van der Waals surface area contributed by atoms with Crippen molar-refractivity contribution in [1.82, 2.24) is 0 Å². The van der Waals surface area contributed by atoms with Crippen LogP contribution >= 0.6 is 12.6 Å². The number of ether oxygens (including phenoxy) is 1. The molecule has 0 heterocycles. The lowest BCUT2D eigenvalue weighted by molar-refractivity contribution is 0.0680. The molecule has 0 unspecified atom stereocenters. The average molecular weight is 202 g/mol. The highest BCUT2D eigenvalue weighted by Crippen LogP contribution is 2.27. The molecular weight excluding hydrogens is 180 g/mol. The summed E-state index contributed by atoms with van der Waals surface area (Å²) in [5, 5.41) is 0. The van der Waals surface area contributed by atoms with Gasteiger partial charge in [-0.05, 0) is 25.5 Å². The summed E-state index contributed by atoms with van der Waals surface area (Å²) in [6.45, 7) is 7.98. The fourth-order valence-corrected chi connectivity index (χ4v) is 1.70. The van der Waals surface area contributed by atoms with Gasteiger partial charge >= 0.3 is 0 Å². The van der Waals surface area contributed by atoms with Gasteiger partial charge in [0, 0.05) is 5.41 Å².